The fourth-order valence-electron chi connectivity index (χ4n) is 0. The second-order valence-corrected chi connectivity index (χ2v) is 1.05. The number of alkyl halides is 3. The van der Waals surface area contributed by atoms with Crippen LogP contribution < -0.4 is 0 Å². The Balaban J connectivity index is 0. The van der Waals surface area contributed by atoms with E-state index in [9.17, 15) is 13.2 Å². The first kappa shape index (κ1) is 10.1. The highest BCUT2D eigenvalue weighted by molar-refractivity contribution is 9.11. The Kier molecular flexibility index (Phi) is 13.5. The van der Waals surface area contributed by atoms with E-state index in [1.807, 2.05) is 0 Å². The van der Waals surface area contributed by atoms with E-state index in [4.69, 9.17) is 0 Å². The minimum atomic E-state index is -3.67. The number of halogens is 4. The van der Waals surface area contributed by atoms with Crippen LogP contribution in [-0.4, -0.2) is 6.68 Å². The van der Waals surface area contributed by atoms with Gasteiger partial charge in [0, 0.05) is 0 Å². The van der Waals surface area contributed by atoms with E-state index in [0.717, 1.165) is 0 Å². The third-order valence-corrected chi connectivity index (χ3v) is 0. The van der Waals surface area contributed by atoms with Gasteiger partial charge in [-0.3, -0.25) is 0 Å². The smallest absolute Gasteiger partial charge is 0.174 e. The van der Waals surface area contributed by atoms with Crippen molar-refractivity contribution in [1.82, 2.24) is 0 Å². The lowest BCUT2D eigenvalue weighted by atomic mass is 11.3. The Bertz CT molecular complexity index is 34.4. The van der Waals surface area contributed by atoms with E-state index in [-0.39, 0.29) is 0 Å². The fraction of sp³-hybridized carbons (Fsp3) is 0.333. The zero-order valence-electron chi connectivity index (χ0n) is 3.37. The van der Waals surface area contributed by atoms with Crippen LogP contribution >= 0.6 is 15.9 Å². The summed E-state index contributed by atoms with van der Waals surface area (Å²) in [7, 11) is 0. The van der Waals surface area contributed by atoms with Gasteiger partial charge in [0.25, 0.3) is 0 Å². The van der Waals surface area contributed by atoms with E-state index >= 15 is 0 Å². The molecule has 7 heavy (non-hydrogen) atoms. The molecule has 0 aliphatic heterocycles. The number of hydrogen-bond acceptors (Lipinski definition) is 0. The molecule has 0 nitrogen and oxygen atoms in total. The number of rotatable bonds is 0. The molecule has 0 fully saturated rings. The van der Waals surface area contributed by atoms with Gasteiger partial charge >= 0.3 is 6.68 Å². The van der Waals surface area contributed by atoms with Crippen LogP contribution in [0.4, 0.5) is 13.2 Å². The van der Waals surface area contributed by atoms with Gasteiger partial charge in [0.15, 0.2) is 0 Å². The van der Waals surface area contributed by atoms with Crippen molar-refractivity contribution in [2.75, 3.05) is 0 Å². The summed E-state index contributed by atoms with van der Waals surface area (Å²) < 4.78 is 29.0. The van der Waals surface area contributed by atoms with Crippen LogP contribution in [-0.2, 0) is 0 Å². The topological polar surface area (TPSA) is 0 Å². The molecule has 0 amide bonds. The monoisotopic (exact) mass is 176 g/mol. The minimum Gasteiger partial charge on any atom is -0.174 e. The first-order valence-electron chi connectivity index (χ1n) is 1.28. The lowest BCUT2D eigenvalue weighted by molar-refractivity contribution is 0.00819. The van der Waals surface area contributed by atoms with E-state index in [1.165, 1.54) is 0 Å². The lowest BCUT2D eigenvalue weighted by Crippen LogP contribution is -1.65. The Hall–Kier alpha value is 0.01000. The van der Waals surface area contributed by atoms with Crippen molar-refractivity contribution >= 4 is 15.9 Å². The molecule has 4 heteroatoms. The van der Waals surface area contributed by atoms with E-state index < -0.39 is 6.68 Å². The first-order chi connectivity index (χ1) is 3.15. The zero-order chi connectivity index (χ0) is 6.28. The summed E-state index contributed by atoms with van der Waals surface area (Å²) in [5, 5.41) is 0. The molecule has 0 aromatic rings. The van der Waals surface area contributed by atoms with Crippen molar-refractivity contribution < 1.29 is 13.2 Å². The van der Waals surface area contributed by atoms with Gasteiger partial charge in [0.05, 0.1) is 0 Å². The summed E-state index contributed by atoms with van der Waals surface area (Å²) in [6.45, 7) is -0.389. The molecule has 0 aromatic heterocycles. The Labute approximate surface area is 48.1 Å². The van der Waals surface area contributed by atoms with Crippen molar-refractivity contribution in [1.29, 1.82) is 0 Å². The minimum absolute atomic E-state index is 1.56. The third kappa shape index (κ3) is 966000. The summed E-state index contributed by atoms with van der Waals surface area (Å²) in [6, 6.07) is 0. The van der Waals surface area contributed by atoms with Crippen LogP contribution in [0, 0.1) is 0 Å². The summed E-state index contributed by atoms with van der Waals surface area (Å²) >= 11 is 2.91. The molecule has 0 atom stereocenters. The van der Waals surface area contributed by atoms with Crippen LogP contribution in [0.15, 0.2) is 11.6 Å². The third-order valence-electron chi connectivity index (χ3n) is 0. The highest BCUT2D eigenvalue weighted by atomic mass is 79.9. The average Bonchev–Trinajstić information content (AvgIpc) is 1.33. The van der Waals surface area contributed by atoms with Crippen LogP contribution in [0.5, 0.6) is 0 Å². The maximum atomic E-state index is 9.67. The van der Waals surface area contributed by atoms with Crippen molar-refractivity contribution in [3.05, 3.63) is 11.6 Å². The molecule has 0 bridgehead atoms. The summed E-state index contributed by atoms with van der Waals surface area (Å²) in [6.07, 6.45) is 0. The van der Waals surface area contributed by atoms with Crippen molar-refractivity contribution in [2.24, 2.45) is 0 Å². The SMILES string of the molecule is C=CBr.FC(F)F. The molecule has 0 saturated carbocycles. The molecular formula is C3H4BrF3. The average molecular weight is 177 g/mol. The van der Waals surface area contributed by atoms with Gasteiger partial charge < -0.3 is 0 Å². The van der Waals surface area contributed by atoms with Crippen LogP contribution in [0.3, 0.4) is 0 Å². The quantitative estimate of drug-likeness (QED) is 0.533. The largest absolute Gasteiger partial charge is 0.379 e. The molecule has 0 aliphatic carbocycles. The summed E-state index contributed by atoms with van der Waals surface area (Å²) in [5.41, 5.74) is 0. The molecule has 0 aliphatic rings. The molecule has 0 spiro atoms. The molecule has 0 aromatic carbocycles. The second-order valence-electron chi connectivity index (χ2n) is 0.402. The molecule has 0 radical (unpaired) electrons. The van der Waals surface area contributed by atoms with Crippen LogP contribution in [0.2, 0.25) is 0 Å². The molecule has 44 valence electrons. The van der Waals surface area contributed by atoms with Crippen molar-refractivity contribution in [3.63, 3.8) is 0 Å². The molecular weight excluding hydrogens is 173 g/mol. The molecule has 0 saturated heterocycles. The predicted octanol–water partition coefficient (Wildman–Crippen LogP) is 2.70. The maximum absolute atomic E-state index is 9.67. The van der Waals surface area contributed by atoms with Gasteiger partial charge in [-0.2, -0.15) is 13.2 Å². The molecule has 0 unspecified atom stereocenters. The van der Waals surface area contributed by atoms with Crippen LogP contribution in [0.1, 0.15) is 0 Å². The first-order valence-corrected chi connectivity index (χ1v) is 2.20. The van der Waals surface area contributed by atoms with Crippen molar-refractivity contribution in [2.45, 2.75) is 6.68 Å². The Morgan fingerprint density at radius 2 is 1.43 bits per heavy atom. The van der Waals surface area contributed by atoms with Crippen LogP contribution in [0.25, 0.3) is 0 Å². The zero-order valence-corrected chi connectivity index (χ0v) is 4.96. The lowest BCUT2D eigenvalue weighted by Gasteiger charge is -1.65. The fourth-order valence-corrected chi connectivity index (χ4v) is 0. The van der Waals surface area contributed by atoms with E-state index in [0.29, 0.717) is 0 Å². The Morgan fingerprint density at radius 3 is 1.43 bits per heavy atom. The normalized spacial score (nSPS) is 7.00. The summed E-state index contributed by atoms with van der Waals surface area (Å²) in [4.78, 5) is 1.56. The predicted molar refractivity (Wildman–Crippen MR) is 26.2 cm³/mol. The maximum Gasteiger partial charge on any atom is 0.379 e. The second kappa shape index (κ2) is 9.38. The van der Waals surface area contributed by atoms with Gasteiger partial charge in [-0.25, -0.2) is 0 Å². The molecule has 0 rings (SSSR count). The Morgan fingerprint density at radius 1 is 1.43 bits per heavy atom. The summed E-state index contributed by atoms with van der Waals surface area (Å²) in [5.74, 6) is 0. The van der Waals surface area contributed by atoms with E-state index in [1.54, 1.807) is 4.99 Å². The molecule has 0 heterocycles. The van der Waals surface area contributed by atoms with Gasteiger partial charge in [-0.05, 0) is 4.99 Å². The standard InChI is InChI=1S/C2H3Br.CHF3/c1-2-3;2-1(3)4/h2H,1H2;1H. The molecule has 0 N–H and O–H groups in total. The highest BCUT2D eigenvalue weighted by Gasteiger charge is 1.86. The van der Waals surface area contributed by atoms with Gasteiger partial charge in [0.1, 0.15) is 0 Å². The van der Waals surface area contributed by atoms with Gasteiger partial charge in [-0.1, -0.05) is 22.5 Å². The number of hydrogen-bond donors (Lipinski definition) is 0. The van der Waals surface area contributed by atoms with E-state index in [2.05, 4.69) is 22.5 Å². The van der Waals surface area contributed by atoms with Crippen molar-refractivity contribution in [3.8, 4) is 0 Å². The van der Waals surface area contributed by atoms with Gasteiger partial charge in [-0.15, -0.1) is 0 Å². The van der Waals surface area contributed by atoms with Gasteiger partial charge in [0.2, 0.25) is 0 Å². The highest BCUT2D eigenvalue weighted by Crippen LogP contribution is 1.87.